The van der Waals surface area contributed by atoms with E-state index in [4.69, 9.17) is 4.74 Å². The van der Waals surface area contributed by atoms with Crippen molar-refractivity contribution in [1.29, 1.82) is 0 Å². The maximum Gasteiger partial charge on any atom is 0.261 e. The van der Waals surface area contributed by atoms with Gasteiger partial charge in [0.05, 0.1) is 15.9 Å². The third-order valence-corrected chi connectivity index (χ3v) is 5.96. The van der Waals surface area contributed by atoms with Crippen LogP contribution >= 0.6 is 11.3 Å². The Morgan fingerprint density at radius 2 is 2.30 bits per heavy atom. The summed E-state index contributed by atoms with van der Waals surface area (Å²) >= 11 is 1.13. The summed E-state index contributed by atoms with van der Waals surface area (Å²) in [6.07, 6.45) is 2.04. The van der Waals surface area contributed by atoms with Gasteiger partial charge >= 0.3 is 0 Å². The predicted octanol–water partition coefficient (Wildman–Crippen LogP) is 0.907. The summed E-state index contributed by atoms with van der Waals surface area (Å²) in [6, 6.07) is 1.41. The van der Waals surface area contributed by atoms with Crippen LogP contribution in [0.5, 0.6) is 0 Å². The average Bonchev–Trinajstić information content (AvgIpc) is 3.07. The van der Waals surface area contributed by atoms with Gasteiger partial charge in [0.15, 0.2) is 0 Å². The summed E-state index contributed by atoms with van der Waals surface area (Å²) in [6.45, 7) is 1.21. The van der Waals surface area contributed by atoms with E-state index < -0.39 is 10.0 Å². The second kappa shape index (κ2) is 6.21. The molecule has 6 nitrogen and oxygen atoms in total. The molecule has 2 rings (SSSR count). The fourth-order valence-electron chi connectivity index (χ4n) is 1.88. The third kappa shape index (κ3) is 3.38. The van der Waals surface area contributed by atoms with Crippen LogP contribution in [0.3, 0.4) is 0 Å². The maximum absolute atomic E-state index is 11.9. The van der Waals surface area contributed by atoms with Crippen molar-refractivity contribution in [2.45, 2.75) is 23.8 Å². The van der Waals surface area contributed by atoms with Gasteiger partial charge in [-0.1, -0.05) is 0 Å². The highest BCUT2D eigenvalue weighted by Crippen LogP contribution is 2.21. The van der Waals surface area contributed by atoms with Crippen LogP contribution in [0.25, 0.3) is 0 Å². The quantitative estimate of drug-likeness (QED) is 0.875. The summed E-state index contributed by atoms with van der Waals surface area (Å²) in [4.78, 5) is 12.5. The molecule has 112 valence electrons. The number of amides is 1. The van der Waals surface area contributed by atoms with Crippen LogP contribution in [0, 0.1) is 0 Å². The van der Waals surface area contributed by atoms with Crippen LogP contribution in [0.2, 0.25) is 0 Å². The van der Waals surface area contributed by atoms with Crippen molar-refractivity contribution in [3.63, 3.8) is 0 Å². The second-order valence-corrected chi connectivity index (χ2v) is 7.84. The summed E-state index contributed by atoms with van der Waals surface area (Å²) in [5.41, 5.74) is 0. The molecule has 0 bridgehead atoms. The van der Waals surface area contributed by atoms with Gasteiger partial charge in [0, 0.05) is 32.6 Å². The molecular formula is C12H18N2O4S2. The lowest BCUT2D eigenvalue weighted by molar-refractivity contribution is 0.0861. The molecule has 0 aliphatic carbocycles. The smallest absolute Gasteiger partial charge is 0.261 e. The summed E-state index contributed by atoms with van der Waals surface area (Å²) in [5, 5.41) is 4.26. The molecule has 20 heavy (non-hydrogen) atoms. The van der Waals surface area contributed by atoms with Crippen LogP contribution in [0.15, 0.2) is 16.3 Å². The second-order valence-electron chi connectivity index (χ2n) is 4.78. The van der Waals surface area contributed by atoms with Crippen LogP contribution in [0.4, 0.5) is 0 Å². The number of nitrogens with zero attached hydrogens (tertiary/aromatic N) is 1. The van der Waals surface area contributed by atoms with E-state index in [0.29, 0.717) is 11.4 Å². The van der Waals surface area contributed by atoms with E-state index >= 15 is 0 Å². The van der Waals surface area contributed by atoms with Gasteiger partial charge in [0.25, 0.3) is 5.91 Å². The first kappa shape index (κ1) is 15.4. The molecule has 1 aromatic heterocycles. The number of rotatable bonds is 5. The first-order valence-electron chi connectivity index (χ1n) is 6.32. The lowest BCUT2D eigenvalue weighted by Gasteiger charge is -2.10. The highest BCUT2D eigenvalue weighted by atomic mass is 32.2. The molecule has 0 aromatic carbocycles. The Kier molecular flexibility index (Phi) is 4.79. The number of thiophene rings is 1. The Hall–Kier alpha value is -0.960. The first-order chi connectivity index (χ1) is 9.41. The third-order valence-electron chi connectivity index (χ3n) is 3.09. The average molecular weight is 318 g/mol. The summed E-state index contributed by atoms with van der Waals surface area (Å²) < 4.78 is 30.4. The van der Waals surface area contributed by atoms with E-state index in [2.05, 4.69) is 5.32 Å². The zero-order valence-corrected chi connectivity index (χ0v) is 13.1. The van der Waals surface area contributed by atoms with Gasteiger partial charge in [-0.05, 0) is 18.9 Å². The fourth-order valence-corrected chi connectivity index (χ4v) is 3.96. The molecule has 1 aromatic rings. The molecule has 1 fully saturated rings. The number of nitrogens with one attached hydrogen (secondary N) is 1. The predicted molar refractivity (Wildman–Crippen MR) is 76.5 cm³/mol. The highest BCUT2D eigenvalue weighted by Gasteiger charge is 2.22. The van der Waals surface area contributed by atoms with Gasteiger partial charge < -0.3 is 10.1 Å². The molecule has 1 aliphatic rings. The molecule has 0 radical (unpaired) electrons. The summed E-state index contributed by atoms with van der Waals surface area (Å²) in [5.74, 6) is -0.259. The lowest BCUT2D eigenvalue weighted by atomic mass is 10.2. The van der Waals surface area contributed by atoms with Crippen molar-refractivity contribution in [3.8, 4) is 0 Å². The molecule has 1 saturated heterocycles. The van der Waals surface area contributed by atoms with Gasteiger partial charge in [-0.2, -0.15) is 0 Å². The molecule has 1 N–H and O–H groups in total. The van der Waals surface area contributed by atoms with Gasteiger partial charge in [0.2, 0.25) is 10.0 Å². The Bertz CT molecular complexity index is 574. The van der Waals surface area contributed by atoms with E-state index in [-0.39, 0.29) is 16.9 Å². The van der Waals surface area contributed by atoms with Crippen LogP contribution < -0.4 is 5.32 Å². The van der Waals surface area contributed by atoms with Crippen molar-refractivity contribution >= 4 is 27.3 Å². The largest absolute Gasteiger partial charge is 0.376 e. The Labute approximate surface area is 122 Å². The van der Waals surface area contributed by atoms with Crippen molar-refractivity contribution in [3.05, 3.63) is 16.3 Å². The molecular weight excluding hydrogens is 300 g/mol. The van der Waals surface area contributed by atoms with Gasteiger partial charge in [0.1, 0.15) is 0 Å². The van der Waals surface area contributed by atoms with Crippen LogP contribution in [0.1, 0.15) is 22.5 Å². The number of ether oxygens (including phenoxy) is 1. The highest BCUT2D eigenvalue weighted by molar-refractivity contribution is 7.89. The normalized spacial score (nSPS) is 19.4. The van der Waals surface area contributed by atoms with E-state index in [1.807, 2.05) is 0 Å². The Morgan fingerprint density at radius 1 is 1.55 bits per heavy atom. The minimum absolute atomic E-state index is 0.0730. The maximum atomic E-state index is 11.9. The van der Waals surface area contributed by atoms with Crippen LogP contribution in [-0.2, 0) is 14.8 Å². The number of hydrogen-bond acceptors (Lipinski definition) is 5. The van der Waals surface area contributed by atoms with Crippen molar-refractivity contribution in [1.82, 2.24) is 9.62 Å². The molecule has 1 aliphatic heterocycles. The number of sulfonamides is 1. The standard InChI is InChI=1S/C12H18N2O4S2/c1-14(2)20(16,17)10-6-11(19-8-10)12(15)13-7-9-4-3-5-18-9/h6,8-9H,3-5,7H2,1-2H3,(H,13,15). The van der Waals surface area contributed by atoms with E-state index in [0.717, 1.165) is 35.1 Å². The van der Waals surface area contributed by atoms with Gasteiger partial charge in [-0.25, -0.2) is 12.7 Å². The molecule has 1 atom stereocenters. The zero-order valence-electron chi connectivity index (χ0n) is 11.5. The molecule has 0 spiro atoms. The van der Waals surface area contributed by atoms with E-state index in [1.165, 1.54) is 25.5 Å². The van der Waals surface area contributed by atoms with Gasteiger partial charge in [-0.15, -0.1) is 11.3 Å². The first-order valence-corrected chi connectivity index (χ1v) is 8.64. The summed E-state index contributed by atoms with van der Waals surface area (Å²) in [7, 11) is -0.556. The van der Waals surface area contributed by atoms with E-state index in [9.17, 15) is 13.2 Å². The fraction of sp³-hybridized carbons (Fsp3) is 0.583. The number of hydrogen-bond donors (Lipinski definition) is 1. The van der Waals surface area contributed by atoms with Crippen molar-refractivity contribution in [2.75, 3.05) is 27.2 Å². The molecule has 1 amide bonds. The number of carbonyl (C=O) groups is 1. The molecule has 2 heterocycles. The topological polar surface area (TPSA) is 75.7 Å². The van der Waals surface area contributed by atoms with Gasteiger partial charge in [-0.3, -0.25) is 4.79 Å². The lowest BCUT2D eigenvalue weighted by Crippen LogP contribution is -2.31. The minimum Gasteiger partial charge on any atom is -0.376 e. The van der Waals surface area contributed by atoms with Crippen molar-refractivity contribution < 1.29 is 17.9 Å². The Balaban J connectivity index is 1.99. The SMILES string of the molecule is CN(C)S(=O)(=O)c1csc(C(=O)NCC2CCCO2)c1. The minimum atomic E-state index is -3.48. The monoisotopic (exact) mass is 318 g/mol. The molecule has 0 saturated carbocycles. The Morgan fingerprint density at radius 3 is 2.90 bits per heavy atom. The zero-order chi connectivity index (χ0) is 14.8. The molecule has 8 heteroatoms. The van der Waals surface area contributed by atoms with Crippen molar-refractivity contribution in [2.24, 2.45) is 0 Å². The van der Waals surface area contributed by atoms with E-state index in [1.54, 1.807) is 0 Å². The molecule has 1 unspecified atom stereocenters. The number of carbonyl (C=O) groups excluding carboxylic acids is 1. The van der Waals surface area contributed by atoms with Crippen LogP contribution in [-0.4, -0.2) is 52.0 Å².